The van der Waals surface area contributed by atoms with Crippen molar-refractivity contribution in [3.63, 3.8) is 0 Å². The molecule has 0 aliphatic heterocycles. The molecule has 0 fully saturated rings. The molecule has 1 atom stereocenters. The zero-order valence-electron chi connectivity index (χ0n) is 15.4. The van der Waals surface area contributed by atoms with Crippen molar-refractivity contribution in [2.45, 2.75) is 32.5 Å². The molecule has 0 radical (unpaired) electrons. The van der Waals surface area contributed by atoms with Crippen molar-refractivity contribution in [2.75, 3.05) is 7.05 Å². The molecule has 0 amide bonds. The highest BCUT2D eigenvalue weighted by atomic mass is 19.4. The van der Waals surface area contributed by atoms with Crippen LogP contribution in [0.5, 0.6) is 0 Å². The van der Waals surface area contributed by atoms with Crippen LogP contribution in [0.15, 0.2) is 39.6 Å². The third-order valence-corrected chi connectivity index (χ3v) is 4.18. The van der Waals surface area contributed by atoms with Gasteiger partial charge in [-0.15, -0.1) is 0 Å². The van der Waals surface area contributed by atoms with E-state index < -0.39 is 17.2 Å². The Bertz CT molecular complexity index is 1040. The maximum Gasteiger partial charge on any atom is 0.416 e. The fourth-order valence-electron chi connectivity index (χ4n) is 2.58. The van der Waals surface area contributed by atoms with E-state index in [4.69, 9.17) is 4.52 Å². The van der Waals surface area contributed by atoms with Gasteiger partial charge in [-0.1, -0.05) is 11.2 Å². The first-order valence-electron chi connectivity index (χ1n) is 8.48. The number of halogens is 3. The van der Waals surface area contributed by atoms with Crippen molar-refractivity contribution in [3.8, 4) is 17.3 Å². The fraction of sp³-hybridized carbons (Fsp3) is 0.333. The van der Waals surface area contributed by atoms with Crippen LogP contribution in [0.4, 0.5) is 13.2 Å². The second kappa shape index (κ2) is 7.55. The standard InChI is InChI=1S/C18H18F3N5O2/c1-10(22-3)7-15-23-17(28-25-15)16-14(27)8-11(2)26(24-16)13-6-4-5-12(9-13)18(19,20)21/h4-6,8-10,22H,7H2,1-3H3. The number of hydrogen-bond acceptors (Lipinski definition) is 6. The highest BCUT2D eigenvalue weighted by Gasteiger charge is 2.30. The Hall–Kier alpha value is -3.01. The smallest absolute Gasteiger partial charge is 0.332 e. The summed E-state index contributed by atoms with van der Waals surface area (Å²) in [6, 6.07) is 6.04. The molecule has 0 spiro atoms. The van der Waals surface area contributed by atoms with Gasteiger partial charge in [-0.2, -0.15) is 23.3 Å². The van der Waals surface area contributed by atoms with Crippen LogP contribution in [0.1, 0.15) is 24.0 Å². The van der Waals surface area contributed by atoms with Gasteiger partial charge in [0.25, 0.3) is 5.89 Å². The Morgan fingerprint density at radius 1 is 1.29 bits per heavy atom. The lowest BCUT2D eigenvalue weighted by molar-refractivity contribution is -0.137. The maximum atomic E-state index is 13.0. The number of aromatic nitrogens is 4. The van der Waals surface area contributed by atoms with E-state index in [-0.39, 0.29) is 23.3 Å². The van der Waals surface area contributed by atoms with Gasteiger partial charge in [0.1, 0.15) is 0 Å². The van der Waals surface area contributed by atoms with Crippen molar-refractivity contribution in [1.82, 2.24) is 25.2 Å². The van der Waals surface area contributed by atoms with Gasteiger partial charge in [0.15, 0.2) is 11.5 Å². The van der Waals surface area contributed by atoms with Gasteiger partial charge < -0.3 is 9.84 Å². The van der Waals surface area contributed by atoms with E-state index in [0.717, 1.165) is 12.1 Å². The Balaban J connectivity index is 2.04. The van der Waals surface area contributed by atoms with Crippen LogP contribution in [0.2, 0.25) is 0 Å². The largest absolute Gasteiger partial charge is 0.416 e. The molecule has 1 N–H and O–H groups in total. The van der Waals surface area contributed by atoms with Gasteiger partial charge in [0.05, 0.1) is 11.3 Å². The van der Waals surface area contributed by atoms with Crippen LogP contribution in [-0.2, 0) is 12.6 Å². The summed E-state index contributed by atoms with van der Waals surface area (Å²) in [5.41, 5.74) is -0.863. The summed E-state index contributed by atoms with van der Waals surface area (Å²) in [4.78, 5) is 16.5. The molecule has 7 nitrogen and oxygen atoms in total. The lowest BCUT2D eigenvalue weighted by Crippen LogP contribution is -2.24. The first kappa shape index (κ1) is 19.7. The molecule has 1 aromatic carbocycles. The Morgan fingerprint density at radius 2 is 2.04 bits per heavy atom. The van der Waals surface area contributed by atoms with E-state index in [9.17, 15) is 18.0 Å². The van der Waals surface area contributed by atoms with Crippen LogP contribution < -0.4 is 10.7 Å². The molecule has 10 heteroatoms. The van der Waals surface area contributed by atoms with Gasteiger partial charge in [0, 0.05) is 24.2 Å². The van der Waals surface area contributed by atoms with Crippen molar-refractivity contribution in [1.29, 1.82) is 0 Å². The molecule has 148 valence electrons. The molecule has 2 heterocycles. The number of hydrogen-bond donors (Lipinski definition) is 1. The predicted molar refractivity (Wildman–Crippen MR) is 95.1 cm³/mol. The maximum absolute atomic E-state index is 13.0. The van der Waals surface area contributed by atoms with Crippen LogP contribution in [0.3, 0.4) is 0 Å². The highest BCUT2D eigenvalue weighted by molar-refractivity contribution is 5.47. The van der Waals surface area contributed by atoms with Gasteiger partial charge in [0.2, 0.25) is 5.43 Å². The number of nitrogens with zero attached hydrogens (tertiary/aromatic N) is 4. The number of alkyl halides is 3. The molecule has 3 aromatic rings. The van der Waals surface area contributed by atoms with Crippen molar-refractivity contribution < 1.29 is 17.7 Å². The van der Waals surface area contributed by atoms with Gasteiger partial charge >= 0.3 is 6.18 Å². The van der Waals surface area contributed by atoms with E-state index in [0.29, 0.717) is 17.9 Å². The average Bonchev–Trinajstić information content (AvgIpc) is 3.09. The fourth-order valence-corrected chi connectivity index (χ4v) is 2.58. The first-order valence-corrected chi connectivity index (χ1v) is 8.48. The number of nitrogens with one attached hydrogen (secondary N) is 1. The van der Waals surface area contributed by atoms with E-state index in [1.807, 2.05) is 6.92 Å². The zero-order chi connectivity index (χ0) is 20.5. The first-order chi connectivity index (χ1) is 13.2. The van der Waals surface area contributed by atoms with Crippen LogP contribution in [0, 0.1) is 6.92 Å². The molecule has 3 rings (SSSR count). The van der Waals surface area contributed by atoms with E-state index >= 15 is 0 Å². The molecule has 0 aliphatic carbocycles. The third-order valence-electron chi connectivity index (χ3n) is 4.18. The molecule has 0 saturated carbocycles. The van der Waals surface area contributed by atoms with E-state index in [1.54, 1.807) is 14.0 Å². The highest BCUT2D eigenvalue weighted by Crippen LogP contribution is 2.30. The SMILES string of the molecule is CNC(C)Cc1noc(-c2nn(-c3cccc(C(F)(F)F)c3)c(C)cc2=O)n1. The van der Waals surface area contributed by atoms with Crippen LogP contribution >= 0.6 is 0 Å². The zero-order valence-corrected chi connectivity index (χ0v) is 15.4. The van der Waals surface area contributed by atoms with Crippen molar-refractivity contribution in [3.05, 3.63) is 57.6 Å². The predicted octanol–water partition coefficient (Wildman–Crippen LogP) is 2.76. The minimum absolute atomic E-state index is 0.0796. The topological polar surface area (TPSA) is 85.8 Å². The lowest BCUT2D eigenvalue weighted by Gasteiger charge is -2.12. The van der Waals surface area contributed by atoms with Gasteiger partial charge in [-0.05, 0) is 39.1 Å². The summed E-state index contributed by atoms with van der Waals surface area (Å²) in [6.07, 6.45) is -4.01. The van der Waals surface area contributed by atoms with Gasteiger partial charge in [-0.25, -0.2) is 4.68 Å². The Labute approximate surface area is 158 Å². The monoisotopic (exact) mass is 393 g/mol. The number of likely N-dealkylation sites (N-methyl/N-ethyl adjacent to an activating group) is 1. The number of aryl methyl sites for hydroxylation is 1. The quantitative estimate of drug-likeness (QED) is 0.718. The molecule has 1 unspecified atom stereocenters. The molecule has 0 saturated heterocycles. The van der Waals surface area contributed by atoms with E-state index in [2.05, 4.69) is 20.6 Å². The second-order valence-corrected chi connectivity index (χ2v) is 6.37. The summed E-state index contributed by atoms with van der Waals surface area (Å²) in [5, 5.41) is 11.0. The Morgan fingerprint density at radius 3 is 2.71 bits per heavy atom. The van der Waals surface area contributed by atoms with E-state index in [1.165, 1.54) is 22.9 Å². The molecular formula is C18H18F3N5O2. The normalized spacial score (nSPS) is 12.9. The summed E-state index contributed by atoms with van der Waals surface area (Å²) in [5.74, 6) is 0.313. The van der Waals surface area contributed by atoms with Gasteiger partial charge in [-0.3, -0.25) is 4.79 Å². The molecule has 0 bridgehead atoms. The minimum Gasteiger partial charge on any atom is -0.332 e. The Kier molecular flexibility index (Phi) is 5.32. The van der Waals surface area contributed by atoms with Crippen molar-refractivity contribution in [2.24, 2.45) is 0 Å². The molecular weight excluding hydrogens is 375 g/mol. The van der Waals surface area contributed by atoms with Crippen molar-refractivity contribution >= 4 is 0 Å². The molecule has 2 aromatic heterocycles. The summed E-state index contributed by atoms with van der Waals surface area (Å²) in [6.45, 7) is 3.51. The summed E-state index contributed by atoms with van der Waals surface area (Å²) < 4.78 is 45.4. The molecule has 28 heavy (non-hydrogen) atoms. The number of benzene rings is 1. The molecule has 0 aliphatic rings. The second-order valence-electron chi connectivity index (χ2n) is 6.37. The van der Waals surface area contributed by atoms with Crippen LogP contribution in [0.25, 0.3) is 17.3 Å². The third kappa shape index (κ3) is 4.11. The average molecular weight is 393 g/mol. The minimum atomic E-state index is -4.49. The van der Waals surface area contributed by atoms with Crippen LogP contribution in [-0.4, -0.2) is 33.0 Å². The number of rotatable bonds is 5. The summed E-state index contributed by atoms with van der Waals surface area (Å²) in [7, 11) is 1.79. The summed E-state index contributed by atoms with van der Waals surface area (Å²) >= 11 is 0. The lowest BCUT2D eigenvalue weighted by atomic mass is 10.2.